The molecule has 0 unspecified atom stereocenters. The summed E-state index contributed by atoms with van der Waals surface area (Å²) in [5, 5.41) is 7.66. The lowest BCUT2D eigenvalue weighted by Gasteiger charge is -2.08. The number of benzene rings is 1. The molecule has 1 aromatic heterocycles. The number of carbonyl (C=O) groups is 1. The number of hydrogen-bond acceptors (Lipinski definition) is 2. The van der Waals surface area contributed by atoms with Crippen LogP contribution in [0.15, 0.2) is 22.7 Å². The average molecular weight is 357 g/mol. The van der Waals surface area contributed by atoms with Crippen molar-refractivity contribution in [3.63, 3.8) is 0 Å². The molecule has 0 aliphatic rings. The molecular weight excluding hydrogens is 342 g/mol. The van der Waals surface area contributed by atoms with Crippen molar-refractivity contribution in [1.82, 2.24) is 9.78 Å². The summed E-state index contributed by atoms with van der Waals surface area (Å²) in [4.78, 5) is 12.4. The summed E-state index contributed by atoms with van der Waals surface area (Å²) in [6.45, 7) is 6.45. The maximum Gasteiger partial charge on any atom is 0.259 e. The molecule has 0 fully saturated rings. The van der Waals surface area contributed by atoms with Crippen molar-refractivity contribution in [2.75, 3.05) is 5.32 Å². The fourth-order valence-corrected chi connectivity index (χ4v) is 2.83. The van der Waals surface area contributed by atoms with Crippen LogP contribution in [0, 0.1) is 13.8 Å². The molecule has 6 heteroatoms. The summed E-state index contributed by atoms with van der Waals surface area (Å²) in [6.07, 6.45) is 0. The number of aromatic nitrogens is 2. The van der Waals surface area contributed by atoms with Crippen LogP contribution in [0.3, 0.4) is 0 Å². The van der Waals surface area contributed by atoms with E-state index in [4.69, 9.17) is 11.6 Å². The molecular formula is C14H15BrClN3O. The third-order valence-electron chi connectivity index (χ3n) is 3.09. The molecule has 0 atom stereocenters. The highest BCUT2D eigenvalue weighted by Crippen LogP contribution is 2.26. The monoisotopic (exact) mass is 355 g/mol. The first kappa shape index (κ1) is 15.1. The molecule has 0 saturated heterocycles. The molecule has 106 valence electrons. The fourth-order valence-electron chi connectivity index (χ4n) is 2.11. The molecule has 0 spiro atoms. The molecule has 1 amide bonds. The van der Waals surface area contributed by atoms with Gasteiger partial charge in [0.25, 0.3) is 5.91 Å². The number of nitrogens with one attached hydrogen (secondary N) is 1. The van der Waals surface area contributed by atoms with Gasteiger partial charge in [0.2, 0.25) is 0 Å². The van der Waals surface area contributed by atoms with Crippen molar-refractivity contribution in [3.8, 4) is 0 Å². The first-order chi connectivity index (χ1) is 9.43. The Morgan fingerprint density at radius 2 is 2.15 bits per heavy atom. The lowest BCUT2D eigenvalue weighted by atomic mass is 10.2. The molecule has 0 aliphatic heterocycles. The lowest BCUT2D eigenvalue weighted by Crippen LogP contribution is -2.14. The zero-order chi connectivity index (χ0) is 14.9. The van der Waals surface area contributed by atoms with Gasteiger partial charge in [-0.25, -0.2) is 0 Å². The van der Waals surface area contributed by atoms with E-state index >= 15 is 0 Å². The van der Waals surface area contributed by atoms with E-state index in [1.807, 2.05) is 31.5 Å². The number of nitrogens with zero attached hydrogens (tertiary/aromatic N) is 2. The second kappa shape index (κ2) is 5.97. The van der Waals surface area contributed by atoms with Crippen LogP contribution in [0.2, 0.25) is 5.02 Å². The van der Waals surface area contributed by atoms with Crippen LogP contribution in [0.5, 0.6) is 0 Å². The quantitative estimate of drug-likeness (QED) is 0.896. The van der Waals surface area contributed by atoms with Crippen LogP contribution in [-0.2, 0) is 6.54 Å². The van der Waals surface area contributed by atoms with Crippen molar-refractivity contribution >= 4 is 39.1 Å². The molecule has 0 radical (unpaired) electrons. The molecule has 2 aromatic rings. The zero-order valence-corrected chi connectivity index (χ0v) is 13.8. The molecule has 0 saturated carbocycles. The number of halogens is 2. The molecule has 0 bridgehead atoms. The van der Waals surface area contributed by atoms with Crippen LogP contribution in [0.1, 0.15) is 28.7 Å². The van der Waals surface area contributed by atoms with Gasteiger partial charge in [-0.3, -0.25) is 9.48 Å². The molecule has 20 heavy (non-hydrogen) atoms. The van der Waals surface area contributed by atoms with Crippen molar-refractivity contribution in [2.45, 2.75) is 27.3 Å². The van der Waals surface area contributed by atoms with Crippen LogP contribution in [0.25, 0.3) is 0 Å². The van der Waals surface area contributed by atoms with E-state index in [-0.39, 0.29) is 5.91 Å². The summed E-state index contributed by atoms with van der Waals surface area (Å²) >= 11 is 9.44. The smallest absolute Gasteiger partial charge is 0.259 e. The second-order valence-corrected chi connectivity index (χ2v) is 5.76. The van der Waals surface area contributed by atoms with Crippen molar-refractivity contribution in [1.29, 1.82) is 0 Å². The summed E-state index contributed by atoms with van der Waals surface area (Å²) in [5.74, 6) is -0.191. The third-order valence-corrected chi connectivity index (χ3v) is 3.89. The Balaban J connectivity index is 2.31. The number of hydrogen-bond donors (Lipinski definition) is 1. The van der Waals surface area contributed by atoms with E-state index in [1.165, 1.54) is 0 Å². The second-order valence-electron chi connectivity index (χ2n) is 4.44. The molecule has 0 aliphatic carbocycles. The van der Waals surface area contributed by atoms with Gasteiger partial charge in [-0.05, 0) is 39.0 Å². The van der Waals surface area contributed by atoms with Gasteiger partial charge in [-0.2, -0.15) is 5.10 Å². The zero-order valence-electron chi connectivity index (χ0n) is 11.5. The molecule has 4 nitrogen and oxygen atoms in total. The molecule has 1 aromatic carbocycles. The summed E-state index contributed by atoms with van der Waals surface area (Å²) in [7, 11) is 0. The first-order valence-electron chi connectivity index (χ1n) is 6.24. The van der Waals surface area contributed by atoms with Gasteiger partial charge in [0.15, 0.2) is 0 Å². The minimum atomic E-state index is -0.191. The largest absolute Gasteiger partial charge is 0.321 e. The predicted molar refractivity (Wildman–Crippen MR) is 84.5 cm³/mol. The Kier molecular flexibility index (Phi) is 4.50. The number of amides is 1. The van der Waals surface area contributed by atoms with Crippen LogP contribution >= 0.6 is 27.5 Å². The van der Waals surface area contributed by atoms with Crippen LogP contribution in [-0.4, -0.2) is 15.7 Å². The number of carbonyl (C=O) groups excluding carboxylic acids is 1. The fraction of sp³-hybridized carbons (Fsp3) is 0.286. The van der Waals surface area contributed by atoms with Crippen LogP contribution in [0.4, 0.5) is 5.69 Å². The maximum atomic E-state index is 12.4. The SMILES string of the molecule is CCn1nc(C)c(C(=O)Nc2ccc(Br)cc2Cl)c1C. The lowest BCUT2D eigenvalue weighted by molar-refractivity contribution is 0.102. The van der Waals surface area contributed by atoms with Gasteiger partial charge in [-0.15, -0.1) is 0 Å². The summed E-state index contributed by atoms with van der Waals surface area (Å²) in [5.41, 5.74) is 2.76. The molecule has 2 rings (SSSR count). The first-order valence-corrected chi connectivity index (χ1v) is 7.41. The minimum absolute atomic E-state index is 0.191. The number of rotatable bonds is 3. The van der Waals surface area contributed by atoms with E-state index in [9.17, 15) is 4.79 Å². The van der Waals surface area contributed by atoms with Gasteiger partial charge in [-0.1, -0.05) is 27.5 Å². The van der Waals surface area contributed by atoms with E-state index in [2.05, 4.69) is 26.3 Å². The van der Waals surface area contributed by atoms with Crippen molar-refractivity contribution in [2.24, 2.45) is 0 Å². The Morgan fingerprint density at radius 1 is 1.45 bits per heavy atom. The number of aryl methyl sites for hydroxylation is 2. The topological polar surface area (TPSA) is 46.9 Å². The van der Waals surface area contributed by atoms with E-state index in [0.717, 1.165) is 22.4 Å². The predicted octanol–water partition coefficient (Wildman–Crippen LogP) is 4.19. The Labute approximate surface area is 131 Å². The van der Waals surface area contributed by atoms with E-state index < -0.39 is 0 Å². The van der Waals surface area contributed by atoms with E-state index in [1.54, 1.807) is 12.1 Å². The minimum Gasteiger partial charge on any atom is -0.321 e. The average Bonchev–Trinajstić information content (AvgIpc) is 2.67. The Hall–Kier alpha value is -1.33. The number of anilines is 1. The van der Waals surface area contributed by atoms with Crippen molar-refractivity contribution < 1.29 is 4.79 Å². The summed E-state index contributed by atoms with van der Waals surface area (Å²) in [6, 6.07) is 5.34. The van der Waals surface area contributed by atoms with Gasteiger partial charge in [0.05, 0.1) is 22.0 Å². The van der Waals surface area contributed by atoms with Crippen molar-refractivity contribution in [3.05, 3.63) is 44.6 Å². The van der Waals surface area contributed by atoms with E-state index in [0.29, 0.717) is 16.3 Å². The normalized spacial score (nSPS) is 10.7. The third kappa shape index (κ3) is 2.88. The highest BCUT2D eigenvalue weighted by atomic mass is 79.9. The van der Waals surface area contributed by atoms with Gasteiger partial charge in [0, 0.05) is 16.7 Å². The van der Waals surface area contributed by atoms with Crippen LogP contribution < -0.4 is 5.32 Å². The van der Waals surface area contributed by atoms with Gasteiger partial charge in [0.1, 0.15) is 0 Å². The highest BCUT2D eigenvalue weighted by molar-refractivity contribution is 9.10. The Bertz CT molecular complexity index is 667. The molecule has 1 N–H and O–H groups in total. The maximum absolute atomic E-state index is 12.4. The summed E-state index contributed by atoms with van der Waals surface area (Å²) < 4.78 is 2.68. The highest BCUT2D eigenvalue weighted by Gasteiger charge is 2.18. The van der Waals surface area contributed by atoms with Gasteiger partial charge < -0.3 is 5.32 Å². The Morgan fingerprint density at radius 3 is 2.70 bits per heavy atom. The molecule has 1 heterocycles. The standard InChI is InChI=1S/C14H15BrClN3O/c1-4-19-9(3)13(8(2)18-19)14(20)17-12-6-5-10(15)7-11(12)16/h5-7H,4H2,1-3H3,(H,17,20). The van der Waals surface area contributed by atoms with Gasteiger partial charge >= 0.3 is 0 Å².